The average molecular weight is 245 g/mol. The van der Waals surface area contributed by atoms with E-state index < -0.39 is 0 Å². The zero-order valence-corrected chi connectivity index (χ0v) is 11.9. The average Bonchev–Trinajstić information content (AvgIpc) is 2.33. The highest BCUT2D eigenvalue weighted by atomic mass is 16.1. The predicted molar refractivity (Wildman–Crippen MR) is 78.4 cm³/mol. The van der Waals surface area contributed by atoms with Crippen molar-refractivity contribution in [3.05, 3.63) is 42.5 Å². The second-order valence-electron chi connectivity index (χ2n) is 5.36. The van der Waals surface area contributed by atoms with E-state index in [9.17, 15) is 4.79 Å². The molecule has 0 spiro atoms. The third-order valence-electron chi connectivity index (χ3n) is 2.94. The molecule has 0 aliphatic rings. The number of ketones is 1. The summed E-state index contributed by atoms with van der Waals surface area (Å²) in [7, 11) is 0. The first-order chi connectivity index (χ1) is 8.41. The van der Waals surface area contributed by atoms with Gasteiger partial charge in [0.05, 0.1) is 0 Å². The molecular formula is C16H23NO. The molecule has 98 valence electrons. The molecule has 1 aromatic rings. The summed E-state index contributed by atoms with van der Waals surface area (Å²) in [5.41, 5.74) is 1.76. The molecule has 1 aromatic carbocycles. The SMILES string of the molecule is C=CCN(c1ccccc1C(=O)CC)C(C)(C)C. The van der Waals surface area contributed by atoms with Crippen LogP contribution in [0.5, 0.6) is 0 Å². The van der Waals surface area contributed by atoms with Gasteiger partial charge < -0.3 is 4.90 Å². The van der Waals surface area contributed by atoms with E-state index in [0.717, 1.165) is 17.8 Å². The van der Waals surface area contributed by atoms with Crippen molar-refractivity contribution >= 4 is 11.5 Å². The summed E-state index contributed by atoms with van der Waals surface area (Å²) in [5, 5.41) is 0. The fraction of sp³-hybridized carbons (Fsp3) is 0.438. The lowest BCUT2D eigenvalue weighted by Crippen LogP contribution is -2.42. The lowest BCUT2D eigenvalue weighted by molar-refractivity contribution is 0.0988. The van der Waals surface area contributed by atoms with Crippen LogP contribution in [-0.2, 0) is 0 Å². The summed E-state index contributed by atoms with van der Waals surface area (Å²) in [6, 6.07) is 7.81. The van der Waals surface area contributed by atoms with Crippen molar-refractivity contribution < 1.29 is 4.79 Å². The molecule has 0 fully saturated rings. The standard InChI is InChI=1S/C16H23NO/c1-6-12-17(16(3,4)5)14-11-9-8-10-13(14)15(18)7-2/h6,8-11H,1,7,12H2,2-5H3. The van der Waals surface area contributed by atoms with Crippen molar-refractivity contribution in [1.82, 2.24) is 0 Å². The molecule has 0 saturated carbocycles. The number of hydrogen-bond acceptors (Lipinski definition) is 2. The minimum atomic E-state index is -0.0433. The first kappa shape index (κ1) is 14.5. The zero-order valence-electron chi connectivity index (χ0n) is 11.9. The maximum absolute atomic E-state index is 12.0. The van der Waals surface area contributed by atoms with Crippen LogP contribution in [-0.4, -0.2) is 17.9 Å². The van der Waals surface area contributed by atoms with Crippen LogP contribution in [0, 0.1) is 0 Å². The Balaban J connectivity index is 3.28. The van der Waals surface area contributed by atoms with E-state index in [-0.39, 0.29) is 11.3 Å². The van der Waals surface area contributed by atoms with E-state index in [2.05, 4.69) is 32.3 Å². The summed E-state index contributed by atoms with van der Waals surface area (Å²) in [5.74, 6) is 0.184. The summed E-state index contributed by atoms with van der Waals surface area (Å²) >= 11 is 0. The second kappa shape index (κ2) is 5.85. The highest BCUT2D eigenvalue weighted by Gasteiger charge is 2.23. The van der Waals surface area contributed by atoms with Crippen molar-refractivity contribution in [2.75, 3.05) is 11.4 Å². The van der Waals surface area contributed by atoms with Gasteiger partial charge in [-0.05, 0) is 32.9 Å². The Morgan fingerprint density at radius 2 is 1.94 bits per heavy atom. The number of carbonyl (C=O) groups is 1. The normalized spacial score (nSPS) is 11.1. The van der Waals surface area contributed by atoms with E-state index in [1.165, 1.54) is 0 Å². The van der Waals surface area contributed by atoms with Crippen LogP contribution >= 0.6 is 0 Å². The molecule has 0 bridgehead atoms. The lowest BCUT2D eigenvalue weighted by Gasteiger charge is -2.38. The number of carbonyl (C=O) groups excluding carboxylic acids is 1. The van der Waals surface area contributed by atoms with Crippen molar-refractivity contribution in [3.8, 4) is 0 Å². The van der Waals surface area contributed by atoms with Crippen molar-refractivity contribution in [1.29, 1.82) is 0 Å². The number of Topliss-reactive ketones (excluding diaryl/α,β-unsaturated/α-hetero) is 1. The quantitative estimate of drug-likeness (QED) is 0.575. The number of rotatable bonds is 5. The molecule has 0 saturated heterocycles. The van der Waals surface area contributed by atoms with Crippen LogP contribution in [0.25, 0.3) is 0 Å². The van der Waals surface area contributed by atoms with Crippen molar-refractivity contribution in [2.24, 2.45) is 0 Å². The van der Waals surface area contributed by atoms with Gasteiger partial charge in [-0.2, -0.15) is 0 Å². The maximum Gasteiger partial charge on any atom is 0.164 e. The first-order valence-corrected chi connectivity index (χ1v) is 6.42. The van der Waals surface area contributed by atoms with Crippen LogP contribution in [0.4, 0.5) is 5.69 Å². The van der Waals surface area contributed by atoms with Gasteiger partial charge in [0.15, 0.2) is 5.78 Å². The number of anilines is 1. The van der Waals surface area contributed by atoms with Crippen LogP contribution in [0.3, 0.4) is 0 Å². The second-order valence-corrected chi connectivity index (χ2v) is 5.36. The Bertz CT molecular complexity index is 429. The Kier molecular flexibility index (Phi) is 4.71. The van der Waals surface area contributed by atoms with Gasteiger partial charge in [0.1, 0.15) is 0 Å². The molecule has 0 N–H and O–H groups in total. The molecule has 0 radical (unpaired) electrons. The predicted octanol–water partition coefficient (Wildman–Crippen LogP) is 4.07. The summed E-state index contributed by atoms with van der Waals surface area (Å²) in [4.78, 5) is 14.2. The molecule has 0 unspecified atom stereocenters. The molecular weight excluding hydrogens is 222 g/mol. The van der Waals surface area contributed by atoms with Gasteiger partial charge in [0.25, 0.3) is 0 Å². The summed E-state index contributed by atoms with van der Waals surface area (Å²) < 4.78 is 0. The molecule has 0 aromatic heterocycles. The molecule has 0 amide bonds. The van der Waals surface area contributed by atoms with Gasteiger partial charge in [-0.1, -0.05) is 25.1 Å². The molecule has 1 rings (SSSR count). The number of nitrogens with zero attached hydrogens (tertiary/aromatic N) is 1. The molecule has 0 aliphatic heterocycles. The smallest absolute Gasteiger partial charge is 0.164 e. The third-order valence-corrected chi connectivity index (χ3v) is 2.94. The Labute approximate surface area is 110 Å². The molecule has 2 nitrogen and oxygen atoms in total. The first-order valence-electron chi connectivity index (χ1n) is 6.42. The summed E-state index contributed by atoms with van der Waals surface area (Å²) in [6.07, 6.45) is 2.40. The topological polar surface area (TPSA) is 20.3 Å². The maximum atomic E-state index is 12.0. The molecule has 0 heterocycles. The number of hydrogen-bond donors (Lipinski definition) is 0. The monoisotopic (exact) mass is 245 g/mol. The molecule has 0 atom stereocenters. The fourth-order valence-corrected chi connectivity index (χ4v) is 2.00. The lowest BCUT2D eigenvalue weighted by atomic mass is 10.00. The van der Waals surface area contributed by atoms with Crippen molar-refractivity contribution in [3.63, 3.8) is 0 Å². The highest BCUT2D eigenvalue weighted by molar-refractivity contribution is 6.01. The summed E-state index contributed by atoms with van der Waals surface area (Å²) in [6.45, 7) is 12.9. The van der Waals surface area contributed by atoms with Gasteiger partial charge in [-0.15, -0.1) is 6.58 Å². The van der Waals surface area contributed by atoms with E-state index in [1.807, 2.05) is 37.3 Å². The largest absolute Gasteiger partial charge is 0.362 e. The Morgan fingerprint density at radius 1 is 1.33 bits per heavy atom. The molecule has 0 aliphatic carbocycles. The number of para-hydroxylation sites is 1. The van der Waals surface area contributed by atoms with E-state index in [1.54, 1.807) is 0 Å². The van der Waals surface area contributed by atoms with Crippen LogP contribution in [0.15, 0.2) is 36.9 Å². The minimum Gasteiger partial charge on any atom is -0.362 e. The van der Waals surface area contributed by atoms with Crippen LogP contribution in [0.1, 0.15) is 44.5 Å². The number of benzene rings is 1. The zero-order chi connectivity index (χ0) is 13.8. The van der Waals surface area contributed by atoms with Gasteiger partial charge in [0.2, 0.25) is 0 Å². The van der Waals surface area contributed by atoms with E-state index in [4.69, 9.17) is 0 Å². The fourth-order valence-electron chi connectivity index (χ4n) is 2.00. The molecule has 18 heavy (non-hydrogen) atoms. The highest BCUT2D eigenvalue weighted by Crippen LogP contribution is 2.28. The van der Waals surface area contributed by atoms with Gasteiger partial charge >= 0.3 is 0 Å². The van der Waals surface area contributed by atoms with Gasteiger partial charge in [-0.3, -0.25) is 4.79 Å². The minimum absolute atomic E-state index is 0.0433. The van der Waals surface area contributed by atoms with Crippen LogP contribution in [0.2, 0.25) is 0 Å². The van der Waals surface area contributed by atoms with Crippen LogP contribution < -0.4 is 4.90 Å². The Hall–Kier alpha value is -1.57. The Morgan fingerprint density at radius 3 is 2.44 bits per heavy atom. The van der Waals surface area contributed by atoms with E-state index in [0.29, 0.717) is 6.42 Å². The van der Waals surface area contributed by atoms with Gasteiger partial charge in [0, 0.05) is 29.8 Å². The van der Waals surface area contributed by atoms with E-state index >= 15 is 0 Å². The van der Waals surface area contributed by atoms with Gasteiger partial charge in [-0.25, -0.2) is 0 Å². The van der Waals surface area contributed by atoms with Crippen molar-refractivity contribution in [2.45, 2.75) is 39.7 Å². The molecule has 2 heteroatoms. The third kappa shape index (κ3) is 3.22.